The quantitative estimate of drug-likeness (QED) is 0.193. The van der Waals surface area contributed by atoms with Crippen LogP contribution in [0.2, 0.25) is 0 Å². The van der Waals surface area contributed by atoms with Crippen LogP contribution in [-0.2, 0) is 57.0 Å². The van der Waals surface area contributed by atoms with Crippen molar-refractivity contribution in [1.29, 1.82) is 0 Å². The van der Waals surface area contributed by atoms with Crippen LogP contribution < -0.4 is 0 Å². The molecule has 4 aliphatic heterocycles. The van der Waals surface area contributed by atoms with Gasteiger partial charge in [-0.15, -0.1) is 0 Å². The van der Waals surface area contributed by atoms with Crippen LogP contribution in [0.1, 0.15) is 109 Å². The molecule has 0 radical (unpaired) electrons. The molecule has 0 spiro atoms. The molecule has 4 aliphatic rings. The number of aliphatic hydroxyl groups excluding tert-OH is 1. The summed E-state index contributed by atoms with van der Waals surface area (Å²) in [7, 11) is 1.52. The topological polar surface area (TPSA) is 175 Å². The minimum Gasteiger partial charge on any atom is -0.489 e. The molecule has 17 atom stereocenters. The van der Waals surface area contributed by atoms with Gasteiger partial charge in [0, 0.05) is 44.6 Å². The molecule has 304 valence electrons. The lowest BCUT2D eigenvalue weighted by molar-refractivity contribution is -0.317. The van der Waals surface area contributed by atoms with Gasteiger partial charge in [0.05, 0.1) is 30.3 Å². The zero-order valence-corrected chi connectivity index (χ0v) is 33.8. The van der Waals surface area contributed by atoms with Crippen LogP contribution in [0.5, 0.6) is 0 Å². The van der Waals surface area contributed by atoms with Crippen molar-refractivity contribution >= 4 is 18.4 Å². The lowest BCUT2D eigenvalue weighted by atomic mass is 9.78. The highest BCUT2D eigenvalue weighted by Gasteiger charge is 2.56. The third-order valence-corrected chi connectivity index (χ3v) is 12.0. The summed E-state index contributed by atoms with van der Waals surface area (Å²) in [4.78, 5) is 37.9. The summed E-state index contributed by atoms with van der Waals surface area (Å²) in [5, 5.41) is 23.5. The molecule has 14 nitrogen and oxygen atoms in total. The van der Waals surface area contributed by atoms with Crippen LogP contribution in [-0.4, -0.2) is 114 Å². The number of hydrogen-bond donors (Lipinski definition) is 2. The number of carbonyl (C=O) groups excluding carboxylic acids is 3. The lowest BCUT2D eigenvalue weighted by Crippen LogP contribution is -2.60. The van der Waals surface area contributed by atoms with E-state index >= 15 is 0 Å². The van der Waals surface area contributed by atoms with Gasteiger partial charge in [-0.05, 0) is 66.9 Å². The number of rotatable bonds is 9. The van der Waals surface area contributed by atoms with E-state index in [0.29, 0.717) is 25.1 Å². The van der Waals surface area contributed by atoms with Crippen LogP contribution in [0, 0.1) is 23.7 Å². The van der Waals surface area contributed by atoms with E-state index in [-0.39, 0.29) is 24.9 Å². The Bertz CT molecular complexity index is 1330. The first-order valence-electron chi connectivity index (χ1n) is 19.1. The molecule has 0 aromatic rings. The summed E-state index contributed by atoms with van der Waals surface area (Å²) < 4.78 is 56.4. The minimum atomic E-state index is -1.85. The molecular weight excluding hydrogens is 692 g/mol. The van der Waals surface area contributed by atoms with Gasteiger partial charge in [-0.25, -0.2) is 0 Å². The number of fused-ring (bicyclic) bond motifs is 2. The van der Waals surface area contributed by atoms with E-state index in [1.165, 1.54) is 21.0 Å². The molecular formula is C39H64O14. The number of esters is 2. The van der Waals surface area contributed by atoms with Crippen molar-refractivity contribution in [2.45, 2.75) is 187 Å². The van der Waals surface area contributed by atoms with E-state index in [0.717, 1.165) is 5.57 Å². The lowest BCUT2D eigenvalue weighted by Gasteiger charge is -2.48. The number of cyclic esters (lactones) is 1. The van der Waals surface area contributed by atoms with Crippen LogP contribution in [0.4, 0.5) is 0 Å². The summed E-state index contributed by atoms with van der Waals surface area (Å²) in [6.45, 7) is 21.6. The summed E-state index contributed by atoms with van der Waals surface area (Å²) >= 11 is 0. The standard InChI is InChI=1S/C39H64O14/c1-14-27-39(12,44)32(42)22(5)29-20(3)16-38(11,53-29)33(52-36-30(49-26(9)41)19(2)15-21(4)47-36)23(6)31(24(7)35(43)50-27)51-28-17-37(10,45-13)34(46-18-40)25(8)48-28/h18-19,21-25,27-28,30-34,36,42,44H,14-17H2,1-13H3/t19?,21?,22-,23?,24?,25?,27?,28?,30+,31?,32+,33+,34-,36?,37+,38?,39+/m0/s1. The minimum absolute atomic E-state index is 0.0971. The normalized spacial score (nSPS) is 47.0. The van der Waals surface area contributed by atoms with Gasteiger partial charge < -0.3 is 52.8 Å². The zero-order valence-electron chi connectivity index (χ0n) is 33.8. The Morgan fingerprint density at radius 2 is 1.66 bits per heavy atom. The molecule has 3 fully saturated rings. The highest BCUT2D eigenvalue weighted by molar-refractivity contribution is 5.73. The highest BCUT2D eigenvalue weighted by Crippen LogP contribution is 2.48. The highest BCUT2D eigenvalue weighted by atomic mass is 16.7. The second kappa shape index (κ2) is 16.8. The van der Waals surface area contributed by atoms with E-state index in [2.05, 4.69) is 0 Å². The molecule has 53 heavy (non-hydrogen) atoms. The van der Waals surface area contributed by atoms with Gasteiger partial charge >= 0.3 is 11.9 Å². The predicted molar refractivity (Wildman–Crippen MR) is 190 cm³/mol. The first kappa shape index (κ1) is 43.4. The average Bonchev–Trinajstić information content (AvgIpc) is 3.40. The second-order valence-electron chi connectivity index (χ2n) is 16.6. The molecule has 0 saturated carbocycles. The molecule has 0 aromatic carbocycles. The van der Waals surface area contributed by atoms with Crippen molar-refractivity contribution in [2.75, 3.05) is 7.11 Å². The van der Waals surface area contributed by atoms with Crippen molar-refractivity contribution in [3.63, 3.8) is 0 Å². The van der Waals surface area contributed by atoms with Crippen molar-refractivity contribution < 1.29 is 67.2 Å². The molecule has 0 amide bonds. The number of hydrogen-bond acceptors (Lipinski definition) is 14. The Labute approximate surface area is 314 Å². The monoisotopic (exact) mass is 756 g/mol. The molecule has 0 aromatic heterocycles. The number of ether oxygens (including phenoxy) is 9. The van der Waals surface area contributed by atoms with E-state index in [1.807, 2.05) is 34.6 Å². The van der Waals surface area contributed by atoms with Gasteiger partial charge in [0.25, 0.3) is 6.47 Å². The molecule has 14 heteroatoms. The number of carbonyl (C=O) groups is 3. The summed E-state index contributed by atoms with van der Waals surface area (Å²) in [6.07, 6.45) is -7.13. The largest absolute Gasteiger partial charge is 0.489 e. The van der Waals surface area contributed by atoms with E-state index in [1.54, 1.807) is 34.6 Å². The van der Waals surface area contributed by atoms with Crippen molar-refractivity contribution in [1.82, 2.24) is 0 Å². The second-order valence-corrected chi connectivity index (χ2v) is 16.6. The fourth-order valence-electron chi connectivity index (χ4n) is 9.14. The Hall–Kier alpha value is -2.33. The maximum atomic E-state index is 14.2. The Kier molecular flexibility index (Phi) is 13.8. The average molecular weight is 757 g/mol. The summed E-state index contributed by atoms with van der Waals surface area (Å²) in [5.41, 5.74) is -3.10. The number of methoxy groups -OCH3 is 1. The van der Waals surface area contributed by atoms with Crippen LogP contribution in [0.3, 0.4) is 0 Å². The van der Waals surface area contributed by atoms with E-state index < -0.39 is 102 Å². The van der Waals surface area contributed by atoms with Gasteiger partial charge in [-0.2, -0.15) is 0 Å². The van der Waals surface area contributed by atoms with Crippen LogP contribution >= 0.6 is 0 Å². The first-order valence-corrected chi connectivity index (χ1v) is 19.1. The zero-order chi connectivity index (χ0) is 39.8. The van der Waals surface area contributed by atoms with E-state index in [9.17, 15) is 24.6 Å². The Morgan fingerprint density at radius 1 is 1.00 bits per heavy atom. The molecule has 4 rings (SSSR count). The smallest absolute Gasteiger partial charge is 0.311 e. The summed E-state index contributed by atoms with van der Waals surface area (Å²) in [6, 6.07) is 0. The Balaban J connectivity index is 1.86. The molecule has 10 unspecified atom stereocenters. The fraction of sp³-hybridized carbons (Fsp3) is 0.872. The van der Waals surface area contributed by atoms with Gasteiger partial charge in [0.2, 0.25) is 0 Å². The molecule has 3 saturated heterocycles. The van der Waals surface area contributed by atoms with Gasteiger partial charge in [-0.1, -0.05) is 27.7 Å². The van der Waals surface area contributed by atoms with Crippen LogP contribution in [0.15, 0.2) is 11.3 Å². The maximum absolute atomic E-state index is 14.2. The number of aliphatic hydroxyl groups is 2. The maximum Gasteiger partial charge on any atom is 0.311 e. The fourth-order valence-corrected chi connectivity index (χ4v) is 9.14. The van der Waals surface area contributed by atoms with Crippen molar-refractivity contribution in [2.24, 2.45) is 23.7 Å². The molecule has 2 bridgehead atoms. The molecule has 4 heterocycles. The Morgan fingerprint density at radius 3 is 2.25 bits per heavy atom. The SMILES string of the molecule is CCC1OC(=O)C(C)C(OC2C[C@@](C)(OC)[C@@H](OC=O)C(C)O2)C(C)[C@@H](OC2OC(C)CC(C)[C@H]2OC(C)=O)C2(C)CC(C)=C(O2)[C@H](C)[C@@H](O)[C@]1(C)O. The third-order valence-electron chi connectivity index (χ3n) is 12.0. The summed E-state index contributed by atoms with van der Waals surface area (Å²) in [5.74, 6) is -3.04. The molecule has 0 aliphatic carbocycles. The van der Waals surface area contributed by atoms with Gasteiger partial charge in [-0.3, -0.25) is 14.4 Å². The van der Waals surface area contributed by atoms with Crippen molar-refractivity contribution in [3.8, 4) is 0 Å². The molecule has 2 N–H and O–H groups in total. The van der Waals surface area contributed by atoms with E-state index in [4.69, 9.17) is 42.6 Å². The van der Waals surface area contributed by atoms with Gasteiger partial charge in [0.1, 0.15) is 34.8 Å². The third kappa shape index (κ3) is 8.89. The van der Waals surface area contributed by atoms with Crippen molar-refractivity contribution in [3.05, 3.63) is 11.3 Å². The van der Waals surface area contributed by atoms with Crippen LogP contribution in [0.25, 0.3) is 0 Å². The first-order chi connectivity index (χ1) is 24.6. The predicted octanol–water partition coefficient (Wildman–Crippen LogP) is 4.35. The van der Waals surface area contributed by atoms with Gasteiger partial charge in [0.15, 0.2) is 24.8 Å².